The van der Waals surface area contributed by atoms with E-state index in [1.807, 2.05) is 0 Å². The summed E-state index contributed by atoms with van der Waals surface area (Å²) in [5.41, 5.74) is 1.69. The molecule has 0 bridgehead atoms. The van der Waals surface area contributed by atoms with Crippen LogP contribution in [0.5, 0.6) is 0 Å². The molecule has 0 aliphatic heterocycles. The Labute approximate surface area is 170 Å². The Morgan fingerprint density at radius 1 is 0.867 bits per heavy atom. The summed E-state index contributed by atoms with van der Waals surface area (Å²) in [6, 6.07) is 17.8. The van der Waals surface area contributed by atoms with Crippen LogP contribution >= 0.6 is 0 Å². The Bertz CT molecular complexity index is 1090. The largest absolute Gasteiger partial charge is 0.478 e. The molecule has 4 nitrogen and oxygen atoms in total. The second-order valence-electron chi connectivity index (χ2n) is 6.37. The van der Waals surface area contributed by atoms with Crippen LogP contribution in [0.25, 0.3) is 17.2 Å². The molecule has 0 saturated heterocycles. The second kappa shape index (κ2) is 8.65. The number of benzene rings is 3. The van der Waals surface area contributed by atoms with Crippen molar-refractivity contribution in [3.8, 4) is 11.1 Å². The van der Waals surface area contributed by atoms with Gasteiger partial charge in [-0.15, -0.1) is 0 Å². The van der Waals surface area contributed by atoms with Crippen molar-refractivity contribution in [2.75, 3.05) is 5.32 Å². The monoisotopic (exact) mass is 411 g/mol. The number of amides is 1. The predicted molar refractivity (Wildman–Crippen MR) is 108 cm³/mol. The van der Waals surface area contributed by atoms with Crippen molar-refractivity contribution < 1.29 is 27.9 Å². The first kappa shape index (κ1) is 20.9. The van der Waals surface area contributed by atoms with Crippen molar-refractivity contribution in [2.24, 2.45) is 0 Å². The van der Waals surface area contributed by atoms with Crippen molar-refractivity contribution in [1.29, 1.82) is 0 Å². The lowest BCUT2D eigenvalue weighted by molar-refractivity contribution is -0.137. The fourth-order valence-corrected chi connectivity index (χ4v) is 2.82. The summed E-state index contributed by atoms with van der Waals surface area (Å²) in [7, 11) is 0. The number of hydrogen-bond donors (Lipinski definition) is 2. The number of anilines is 1. The number of carboxylic acid groups (broad SMARTS) is 1. The van der Waals surface area contributed by atoms with Gasteiger partial charge in [0.15, 0.2) is 0 Å². The molecule has 2 N–H and O–H groups in total. The highest BCUT2D eigenvalue weighted by Crippen LogP contribution is 2.32. The van der Waals surface area contributed by atoms with E-state index in [2.05, 4.69) is 5.32 Å². The number of carboxylic acids is 1. The minimum atomic E-state index is -4.43. The molecular weight excluding hydrogens is 395 g/mol. The van der Waals surface area contributed by atoms with E-state index in [9.17, 15) is 22.8 Å². The van der Waals surface area contributed by atoms with Crippen molar-refractivity contribution in [2.45, 2.75) is 6.18 Å². The summed E-state index contributed by atoms with van der Waals surface area (Å²) >= 11 is 0. The smallest absolute Gasteiger partial charge is 0.416 e. The molecular formula is C23H16F3NO3. The predicted octanol–water partition coefficient (Wildman–Crippen LogP) is 5.72. The molecule has 0 radical (unpaired) electrons. The molecule has 3 aromatic rings. The van der Waals surface area contributed by atoms with Gasteiger partial charge in [-0.05, 0) is 53.1 Å². The van der Waals surface area contributed by atoms with E-state index in [1.54, 1.807) is 48.5 Å². The summed E-state index contributed by atoms with van der Waals surface area (Å²) in [6.07, 6.45) is -2.00. The maximum atomic E-state index is 12.8. The van der Waals surface area contributed by atoms with Crippen LogP contribution in [0.4, 0.5) is 18.9 Å². The van der Waals surface area contributed by atoms with Gasteiger partial charge in [0.05, 0.1) is 5.56 Å². The number of nitrogens with one attached hydrogen (secondary N) is 1. The molecule has 152 valence electrons. The Kier molecular flexibility index (Phi) is 6.01. The van der Waals surface area contributed by atoms with Crippen LogP contribution in [0.15, 0.2) is 78.9 Å². The molecule has 0 heterocycles. The maximum absolute atomic E-state index is 12.8. The summed E-state index contributed by atoms with van der Waals surface area (Å²) in [4.78, 5) is 23.3. The number of alkyl halides is 3. The van der Waals surface area contributed by atoms with Gasteiger partial charge in [0, 0.05) is 17.3 Å². The quantitative estimate of drug-likeness (QED) is 0.528. The number of carbonyl (C=O) groups excluding carboxylic acids is 1. The summed E-state index contributed by atoms with van der Waals surface area (Å²) < 4.78 is 38.4. The lowest BCUT2D eigenvalue weighted by Crippen LogP contribution is -2.13. The average Bonchev–Trinajstić information content (AvgIpc) is 2.72. The van der Waals surface area contributed by atoms with E-state index >= 15 is 0 Å². The zero-order valence-corrected chi connectivity index (χ0v) is 15.5. The molecule has 0 fully saturated rings. The van der Waals surface area contributed by atoms with Gasteiger partial charge in [0.25, 0.3) is 5.91 Å². The lowest BCUT2D eigenvalue weighted by atomic mass is 9.98. The van der Waals surface area contributed by atoms with E-state index in [-0.39, 0.29) is 0 Å². The molecule has 0 atom stereocenters. The number of hydrogen-bond acceptors (Lipinski definition) is 2. The molecule has 0 saturated carbocycles. The lowest BCUT2D eigenvalue weighted by Gasteiger charge is -2.12. The fraction of sp³-hybridized carbons (Fsp3) is 0.0435. The average molecular weight is 411 g/mol. The van der Waals surface area contributed by atoms with Crippen LogP contribution < -0.4 is 5.32 Å². The number of aliphatic carboxylic acids is 1. The van der Waals surface area contributed by atoms with Gasteiger partial charge in [-0.25, -0.2) is 4.79 Å². The van der Waals surface area contributed by atoms with Crippen molar-refractivity contribution in [3.05, 3.63) is 95.6 Å². The Morgan fingerprint density at radius 2 is 1.50 bits per heavy atom. The highest BCUT2D eigenvalue weighted by atomic mass is 19.4. The van der Waals surface area contributed by atoms with E-state index < -0.39 is 23.6 Å². The Balaban J connectivity index is 1.81. The van der Waals surface area contributed by atoms with Crippen molar-refractivity contribution >= 4 is 23.6 Å². The highest BCUT2D eigenvalue weighted by Gasteiger charge is 2.30. The minimum absolute atomic E-state index is 0.312. The van der Waals surface area contributed by atoms with E-state index in [0.29, 0.717) is 27.9 Å². The van der Waals surface area contributed by atoms with Gasteiger partial charge in [-0.3, -0.25) is 4.79 Å². The summed E-state index contributed by atoms with van der Waals surface area (Å²) in [6.45, 7) is 0. The molecule has 0 aromatic heterocycles. The van der Waals surface area contributed by atoms with Crippen LogP contribution in [0.2, 0.25) is 0 Å². The minimum Gasteiger partial charge on any atom is -0.478 e. The second-order valence-corrected chi connectivity index (χ2v) is 6.37. The first-order chi connectivity index (χ1) is 14.2. The van der Waals surface area contributed by atoms with E-state index in [4.69, 9.17) is 5.11 Å². The van der Waals surface area contributed by atoms with Crippen LogP contribution in [0, 0.1) is 0 Å². The van der Waals surface area contributed by atoms with E-state index in [1.165, 1.54) is 18.2 Å². The SMILES string of the molecule is O=C(O)/C=C/c1ccc(NC(=O)c2ccccc2-c2ccc(C(F)(F)F)cc2)cc1. The third kappa shape index (κ3) is 5.14. The van der Waals surface area contributed by atoms with Crippen LogP contribution in [-0.4, -0.2) is 17.0 Å². The normalized spacial score (nSPS) is 11.4. The number of rotatable bonds is 5. The van der Waals surface area contributed by atoms with Crippen LogP contribution in [0.1, 0.15) is 21.5 Å². The zero-order valence-electron chi connectivity index (χ0n) is 15.5. The highest BCUT2D eigenvalue weighted by molar-refractivity contribution is 6.08. The van der Waals surface area contributed by atoms with Gasteiger partial charge in [-0.2, -0.15) is 13.2 Å². The standard InChI is InChI=1S/C23H16F3NO3/c24-23(25,26)17-10-8-16(9-11-17)19-3-1-2-4-20(19)22(30)27-18-12-5-15(6-13-18)7-14-21(28)29/h1-14H,(H,27,30)(H,28,29)/b14-7+. The molecule has 0 aliphatic rings. The van der Waals surface area contributed by atoms with Crippen LogP contribution in [-0.2, 0) is 11.0 Å². The molecule has 1 amide bonds. The molecule has 3 aromatic carbocycles. The van der Waals surface area contributed by atoms with Gasteiger partial charge in [-0.1, -0.05) is 42.5 Å². The molecule has 0 aliphatic carbocycles. The molecule has 3 rings (SSSR count). The first-order valence-electron chi connectivity index (χ1n) is 8.83. The molecule has 7 heteroatoms. The third-order valence-electron chi connectivity index (χ3n) is 4.28. The fourth-order valence-electron chi connectivity index (χ4n) is 2.82. The van der Waals surface area contributed by atoms with Gasteiger partial charge < -0.3 is 10.4 Å². The van der Waals surface area contributed by atoms with Gasteiger partial charge >= 0.3 is 12.1 Å². The maximum Gasteiger partial charge on any atom is 0.416 e. The van der Waals surface area contributed by atoms with E-state index in [0.717, 1.165) is 18.2 Å². The van der Waals surface area contributed by atoms with Crippen molar-refractivity contribution in [1.82, 2.24) is 0 Å². The van der Waals surface area contributed by atoms with Crippen LogP contribution in [0.3, 0.4) is 0 Å². The molecule has 0 spiro atoms. The van der Waals surface area contributed by atoms with Crippen molar-refractivity contribution in [3.63, 3.8) is 0 Å². The number of halogens is 3. The Morgan fingerprint density at radius 3 is 2.10 bits per heavy atom. The van der Waals surface area contributed by atoms with Gasteiger partial charge in [0.1, 0.15) is 0 Å². The van der Waals surface area contributed by atoms with Gasteiger partial charge in [0.2, 0.25) is 0 Å². The number of carbonyl (C=O) groups is 2. The summed E-state index contributed by atoms with van der Waals surface area (Å²) in [5, 5.41) is 11.4. The third-order valence-corrected chi connectivity index (χ3v) is 4.28. The topological polar surface area (TPSA) is 66.4 Å². The molecule has 0 unspecified atom stereocenters. The molecule has 30 heavy (non-hydrogen) atoms. The Hall–Kier alpha value is -3.87. The zero-order chi connectivity index (χ0) is 21.7. The summed E-state index contributed by atoms with van der Waals surface area (Å²) in [5.74, 6) is -1.48. The first-order valence-corrected chi connectivity index (χ1v) is 8.83.